The molecule has 0 saturated heterocycles. The fraction of sp³-hybridized carbons (Fsp3) is 0.167. The third-order valence-electron chi connectivity index (χ3n) is 0.814. The molecule has 2 nitrogen and oxygen atoms in total. The molecule has 0 aliphatic carbocycles. The Labute approximate surface area is 68.7 Å². The monoisotopic (exact) mass is 176 g/mol. The smallest absolute Gasteiger partial charge is 0.247 e. The first kappa shape index (κ1) is 7.63. The van der Waals surface area contributed by atoms with E-state index in [1.807, 2.05) is 0 Å². The highest BCUT2D eigenvalue weighted by atomic mass is 35.5. The summed E-state index contributed by atoms with van der Waals surface area (Å²) in [5, 5.41) is -0.843. The van der Waals surface area contributed by atoms with Gasteiger partial charge in [0.2, 0.25) is 5.02 Å². The van der Waals surface area contributed by atoms with Crippen LogP contribution < -0.4 is 4.74 Å². The van der Waals surface area contributed by atoms with Crippen molar-refractivity contribution in [2.75, 3.05) is 0 Å². The summed E-state index contributed by atoms with van der Waals surface area (Å²) in [6.07, 6.45) is 4.07. The van der Waals surface area contributed by atoms with E-state index >= 15 is 0 Å². The van der Waals surface area contributed by atoms with Crippen LogP contribution in [0.1, 0.15) is 0 Å². The predicted octanol–water partition coefficient (Wildman–Crippen LogP) is 2.02. The third-order valence-corrected chi connectivity index (χ3v) is 0.992. The summed E-state index contributed by atoms with van der Waals surface area (Å²) in [5.74, 6) is 0.536. The molecular formula is C6H4Cl2NO. The van der Waals surface area contributed by atoms with E-state index < -0.39 is 5.02 Å². The van der Waals surface area contributed by atoms with Crippen LogP contribution in [0.25, 0.3) is 0 Å². The molecule has 1 rings (SSSR count). The van der Waals surface area contributed by atoms with Crippen molar-refractivity contribution in [3.05, 3.63) is 24.5 Å². The SMILES string of the molecule is ClC(Cl)Oc1cc[c]nc1. The molecule has 0 saturated carbocycles. The van der Waals surface area contributed by atoms with Crippen molar-refractivity contribution in [1.29, 1.82) is 0 Å². The van der Waals surface area contributed by atoms with E-state index in [9.17, 15) is 0 Å². The number of aromatic nitrogens is 1. The lowest BCUT2D eigenvalue weighted by Crippen LogP contribution is -1.98. The van der Waals surface area contributed by atoms with Crippen LogP contribution in [0.3, 0.4) is 0 Å². The molecule has 0 amide bonds. The van der Waals surface area contributed by atoms with E-state index in [0.29, 0.717) is 5.75 Å². The molecule has 0 aliphatic rings. The zero-order valence-corrected chi connectivity index (χ0v) is 6.43. The summed E-state index contributed by atoms with van der Waals surface area (Å²) in [6, 6.07) is 3.29. The van der Waals surface area contributed by atoms with Gasteiger partial charge in [-0.15, -0.1) is 0 Å². The largest absolute Gasteiger partial charge is 0.459 e. The molecule has 1 aromatic rings. The Bertz CT molecular complexity index is 190. The average molecular weight is 177 g/mol. The standard InChI is InChI=1S/C6H4Cl2NO/c7-6(8)10-5-2-1-3-9-4-5/h1-2,4,6H. The molecule has 1 aromatic heterocycles. The maximum atomic E-state index is 5.32. The van der Waals surface area contributed by atoms with E-state index in [2.05, 4.69) is 11.2 Å². The molecule has 0 N–H and O–H groups in total. The van der Waals surface area contributed by atoms with Crippen LogP contribution in [-0.4, -0.2) is 10.0 Å². The van der Waals surface area contributed by atoms with Crippen LogP contribution in [0.5, 0.6) is 5.75 Å². The van der Waals surface area contributed by atoms with Crippen molar-refractivity contribution in [3.63, 3.8) is 0 Å². The molecule has 1 heterocycles. The van der Waals surface area contributed by atoms with Gasteiger partial charge in [-0.05, 0) is 12.1 Å². The second kappa shape index (κ2) is 3.64. The summed E-state index contributed by atoms with van der Waals surface area (Å²) in [5.41, 5.74) is 0. The van der Waals surface area contributed by atoms with Gasteiger partial charge in [-0.2, -0.15) is 0 Å². The molecule has 0 spiro atoms. The minimum atomic E-state index is -0.843. The van der Waals surface area contributed by atoms with Gasteiger partial charge in [-0.3, -0.25) is 4.98 Å². The average Bonchev–Trinajstić information content (AvgIpc) is 1.88. The number of nitrogens with zero attached hydrogens (tertiary/aromatic N) is 1. The summed E-state index contributed by atoms with van der Waals surface area (Å²) in [7, 11) is 0. The van der Waals surface area contributed by atoms with E-state index in [-0.39, 0.29) is 0 Å². The number of rotatable bonds is 2. The van der Waals surface area contributed by atoms with Crippen molar-refractivity contribution in [2.24, 2.45) is 0 Å². The summed E-state index contributed by atoms with van der Waals surface area (Å²) < 4.78 is 4.86. The van der Waals surface area contributed by atoms with Crippen LogP contribution in [-0.2, 0) is 0 Å². The van der Waals surface area contributed by atoms with Crippen molar-refractivity contribution < 1.29 is 4.74 Å². The second-order valence-electron chi connectivity index (χ2n) is 1.50. The molecule has 0 aromatic carbocycles. The van der Waals surface area contributed by atoms with Gasteiger partial charge in [0.1, 0.15) is 5.75 Å². The van der Waals surface area contributed by atoms with Crippen molar-refractivity contribution in [2.45, 2.75) is 5.02 Å². The summed E-state index contributed by atoms with van der Waals surface area (Å²) >= 11 is 10.6. The predicted molar refractivity (Wildman–Crippen MR) is 39.2 cm³/mol. The fourth-order valence-electron chi connectivity index (χ4n) is 0.479. The van der Waals surface area contributed by atoms with Gasteiger partial charge in [-0.1, -0.05) is 23.2 Å². The first-order chi connectivity index (χ1) is 4.79. The van der Waals surface area contributed by atoms with Crippen LogP contribution in [0, 0.1) is 6.20 Å². The lowest BCUT2D eigenvalue weighted by Gasteiger charge is -2.03. The van der Waals surface area contributed by atoms with E-state index in [0.717, 1.165) is 0 Å². The number of halogens is 2. The molecule has 0 bridgehead atoms. The molecule has 0 fully saturated rings. The van der Waals surface area contributed by atoms with Gasteiger partial charge >= 0.3 is 0 Å². The van der Waals surface area contributed by atoms with Gasteiger partial charge in [0, 0.05) is 0 Å². The topological polar surface area (TPSA) is 22.1 Å². The van der Waals surface area contributed by atoms with Gasteiger partial charge in [0.05, 0.1) is 12.4 Å². The number of alkyl halides is 2. The number of pyridine rings is 1. The molecule has 0 unspecified atom stereocenters. The normalized spacial score (nSPS) is 9.90. The molecule has 0 atom stereocenters. The zero-order valence-electron chi connectivity index (χ0n) is 4.92. The van der Waals surface area contributed by atoms with Crippen LogP contribution in [0.4, 0.5) is 0 Å². The van der Waals surface area contributed by atoms with E-state index in [1.165, 1.54) is 6.20 Å². The highest BCUT2D eigenvalue weighted by molar-refractivity contribution is 6.43. The lowest BCUT2D eigenvalue weighted by molar-refractivity contribution is 0.352. The first-order valence-corrected chi connectivity index (χ1v) is 3.43. The van der Waals surface area contributed by atoms with Crippen LogP contribution in [0.15, 0.2) is 18.3 Å². The Morgan fingerprint density at radius 3 is 2.90 bits per heavy atom. The Hall–Kier alpha value is -0.470. The maximum absolute atomic E-state index is 5.32. The molecule has 53 valence electrons. The minimum Gasteiger partial charge on any atom is -0.459 e. The van der Waals surface area contributed by atoms with Crippen molar-refractivity contribution >= 4 is 23.2 Å². The molecule has 10 heavy (non-hydrogen) atoms. The van der Waals surface area contributed by atoms with Gasteiger partial charge in [0.25, 0.3) is 0 Å². The highest BCUT2D eigenvalue weighted by Gasteiger charge is 1.98. The van der Waals surface area contributed by atoms with Gasteiger partial charge < -0.3 is 4.74 Å². The summed E-state index contributed by atoms with van der Waals surface area (Å²) in [4.78, 5) is 3.67. The second-order valence-corrected chi connectivity index (χ2v) is 2.52. The van der Waals surface area contributed by atoms with Crippen LogP contribution >= 0.6 is 23.2 Å². The van der Waals surface area contributed by atoms with Gasteiger partial charge in [-0.25, -0.2) is 0 Å². The lowest BCUT2D eigenvalue weighted by atomic mass is 10.5. The number of ether oxygens (including phenoxy) is 1. The number of hydrogen-bond acceptors (Lipinski definition) is 2. The summed E-state index contributed by atoms with van der Waals surface area (Å²) in [6.45, 7) is 0. The Balaban J connectivity index is 2.59. The Morgan fingerprint density at radius 1 is 1.60 bits per heavy atom. The minimum absolute atomic E-state index is 0.536. The highest BCUT2D eigenvalue weighted by Crippen LogP contribution is 2.12. The van der Waals surface area contributed by atoms with Gasteiger partial charge in [0.15, 0.2) is 0 Å². The zero-order chi connectivity index (χ0) is 7.40. The molecule has 0 aliphatic heterocycles. The molecule has 1 radical (unpaired) electrons. The fourth-order valence-corrected chi connectivity index (χ4v) is 0.685. The molecular weight excluding hydrogens is 173 g/mol. The quantitative estimate of drug-likeness (QED) is 0.644. The number of hydrogen-bond donors (Lipinski definition) is 0. The maximum Gasteiger partial charge on any atom is 0.247 e. The third kappa shape index (κ3) is 2.42. The Kier molecular flexibility index (Phi) is 2.78. The van der Waals surface area contributed by atoms with E-state index in [1.54, 1.807) is 12.1 Å². The Morgan fingerprint density at radius 2 is 2.40 bits per heavy atom. The van der Waals surface area contributed by atoms with E-state index in [4.69, 9.17) is 27.9 Å². The van der Waals surface area contributed by atoms with Crippen molar-refractivity contribution in [1.82, 2.24) is 4.98 Å². The first-order valence-electron chi connectivity index (χ1n) is 2.56. The molecule has 4 heteroatoms. The van der Waals surface area contributed by atoms with Crippen molar-refractivity contribution in [3.8, 4) is 5.75 Å². The van der Waals surface area contributed by atoms with Crippen LogP contribution in [0.2, 0.25) is 0 Å².